The molecule has 1 N–H and O–H groups in total. The molecule has 2 rings (SSSR count). The molecule has 0 aliphatic heterocycles. The summed E-state index contributed by atoms with van der Waals surface area (Å²) in [7, 11) is 0. The summed E-state index contributed by atoms with van der Waals surface area (Å²) in [6, 6.07) is 7.83. The topological polar surface area (TPSA) is 24.9 Å². The van der Waals surface area contributed by atoms with E-state index >= 15 is 0 Å². The molecule has 1 unspecified atom stereocenters. The lowest BCUT2D eigenvalue weighted by atomic mass is 9.99. The second-order valence-corrected chi connectivity index (χ2v) is 6.12. The van der Waals surface area contributed by atoms with E-state index in [2.05, 4.69) is 17.2 Å². The smallest absolute Gasteiger partial charge is 0.0621 e. The summed E-state index contributed by atoms with van der Waals surface area (Å²) in [6.07, 6.45) is 5.09. The number of halogens is 3. The Morgan fingerprint density at radius 2 is 1.76 bits per heavy atom. The number of nitrogens with one attached hydrogen (secondary N) is 1. The Balaban J connectivity index is 2.14. The highest BCUT2D eigenvalue weighted by Crippen LogP contribution is 2.23. The molecule has 0 amide bonds. The molecule has 0 bridgehead atoms. The maximum Gasteiger partial charge on any atom is 0.0621 e. The highest BCUT2D eigenvalue weighted by molar-refractivity contribution is 6.35. The summed E-state index contributed by atoms with van der Waals surface area (Å²) in [6.45, 7) is 2.98. The van der Waals surface area contributed by atoms with Gasteiger partial charge in [0.2, 0.25) is 0 Å². The summed E-state index contributed by atoms with van der Waals surface area (Å²) in [5, 5.41) is 5.53. The Bertz CT molecular complexity index is 602. The third-order valence-electron chi connectivity index (χ3n) is 3.30. The van der Waals surface area contributed by atoms with E-state index < -0.39 is 0 Å². The van der Waals surface area contributed by atoms with E-state index in [0.29, 0.717) is 15.1 Å². The van der Waals surface area contributed by atoms with Crippen molar-refractivity contribution in [2.45, 2.75) is 25.8 Å². The van der Waals surface area contributed by atoms with Gasteiger partial charge in [0.1, 0.15) is 0 Å². The maximum atomic E-state index is 6.26. The van der Waals surface area contributed by atoms with Crippen molar-refractivity contribution in [1.82, 2.24) is 10.3 Å². The van der Waals surface area contributed by atoms with Crippen LogP contribution in [0.25, 0.3) is 0 Å². The molecule has 0 saturated heterocycles. The Hall–Kier alpha value is -0.800. The Morgan fingerprint density at radius 3 is 2.38 bits per heavy atom. The standard InChI is InChI=1S/C16H17Cl3N2/c1-2-21-14(8-12-5-6-20-10-16(12)19)7-11-3-4-13(17)9-15(11)18/h3-6,9-10,14,21H,2,7-8H2,1H3. The van der Waals surface area contributed by atoms with E-state index in [1.807, 2.05) is 18.2 Å². The summed E-state index contributed by atoms with van der Waals surface area (Å²) >= 11 is 18.4. The van der Waals surface area contributed by atoms with E-state index in [1.165, 1.54) is 0 Å². The van der Waals surface area contributed by atoms with Gasteiger partial charge in [-0.1, -0.05) is 47.8 Å². The zero-order valence-corrected chi connectivity index (χ0v) is 14.0. The van der Waals surface area contributed by atoms with Crippen LogP contribution in [0.3, 0.4) is 0 Å². The number of hydrogen-bond acceptors (Lipinski definition) is 2. The normalized spacial score (nSPS) is 12.4. The van der Waals surface area contributed by atoms with Crippen molar-refractivity contribution in [3.8, 4) is 0 Å². The third-order valence-corrected chi connectivity index (χ3v) is 4.22. The maximum absolute atomic E-state index is 6.26. The van der Waals surface area contributed by atoms with Crippen molar-refractivity contribution >= 4 is 34.8 Å². The van der Waals surface area contributed by atoms with Crippen molar-refractivity contribution in [2.75, 3.05) is 6.54 Å². The first-order valence-corrected chi connectivity index (χ1v) is 7.99. The fourth-order valence-corrected chi connectivity index (χ4v) is 2.98. The van der Waals surface area contributed by atoms with Gasteiger partial charge in [0, 0.05) is 28.5 Å². The minimum absolute atomic E-state index is 0.258. The minimum atomic E-state index is 0.258. The quantitative estimate of drug-likeness (QED) is 0.814. The lowest BCUT2D eigenvalue weighted by Crippen LogP contribution is -2.33. The van der Waals surface area contributed by atoms with Crippen LogP contribution in [0.1, 0.15) is 18.1 Å². The Labute approximate surface area is 140 Å². The second kappa shape index (κ2) is 8.00. The predicted molar refractivity (Wildman–Crippen MR) is 90.6 cm³/mol. The number of rotatable bonds is 6. The molecule has 2 nitrogen and oxygen atoms in total. The third kappa shape index (κ3) is 4.86. The molecule has 1 aromatic heterocycles. The van der Waals surface area contributed by atoms with Crippen LogP contribution in [0.2, 0.25) is 15.1 Å². The van der Waals surface area contributed by atoms with Crippen LogP contribution in [0.5, 0.6) is 0 Å². The van der Waals surface area contributed by atoms with Crippen molar-refractivity contribution in [1.29, 1.82) is 0 Å². The lowest BCUT2D eigenvalue weighted by molar-refractivity contribution is 0.521. The second-order valence-electron chi connectivity index (χ2n) is 4.87. The fourth-order valence-electron chi connectivity index (χ4n) is 2.29. The fraction of sp³-hybridized carbons (Fsp3) is 0.312. The van der Waals surface area contributed by atoms with Gasteiger partial charge in [-0.2, -0.15) is 0 Å². The highest BCUT2D eigenvalue weighted by Gasteiger charge is 2.13. The molecular formula is C16H17Cl3N2. The molecule has 0 radical (unpaired) electrons. The molecule has 0 fully saturated rings. The van der Waals surface area contributed by atoms with Crippen LogP contribution in [-0.4, -0.2) is 17.6 Å². The van der Waals surface area contributed by atoms with Crippen LogP contribution in [0.4, 0.5) is 0 Å². The molecule has 0 saturated carbocycles. The van der Waals surface area contributed by atoms with Crippen LogP contribution in [0, 0.1) is 0 Å². The molecule has 5 heteroatoms. The summed E-state index contributed by atoms with van der Waals surface area (Å²) in [5.41, 5.74) is 2.17. The molecule has 1 aromatic carbocycles. The van der Waals surface area contributed by atoms with Gasteiger partial charge in [-0.15, -0.1) is 0 Å². The van der Waals surface area contributed by atoms with Crippen LogP contribution in [-0.2, 0) is 12.8 Å². The SMILES string of the molecule is CCNC(Cc1ccncc1Cl)Cc1ccc(Cl)cc1Cl. The Kier molecular flexibility index (Phi) is 6.31. The molecule has 2 aromatic rings. The number of likely N-dealkylation sites (N-methyl/N-ethyl adjacent to an activating group) is 1. The average molecular weight is 344 g/mol. The van der Waals surface area contributed by atoms with Crippen LogP contribution < -0.4 is 5.32 Å². The van der Waals surface area contributed by atoms with E-state index in [1.54, 1.807) is 18.5 Å². The van der Waals surface area contributed by atoms with Gasteiger partial charge < -0.3 is 5.32 Å². The van der Waals surface area contributed by atoms with Crippen molar-refractivity contribution in [2.24, 2.45) is 0 Å². The summed E-state index contributed by atoms with van der Waals surface area (Å²) < 4.78 is 0. The van der Waals surface area contributed by atoms with E-state index in [9.17, 15) is 0 Å². The molecule has 1 heterocycles. The van der Waals surface area contributed by atoms with E-state index in [4.69, 9.17) is 34.8 Å². The average Bonchev–Trinajstić information content (AvgIpc) is 2.44. The van der Waals surface area contributed by atoms with Gasteiger partial charge in [-0.05, 0) is 48.7 Å². The van der Waals surface area contributed by atoms with Crippen molar-refractivity contribution in [3.05, 3.63) is 62.9 Å². The molecule has 0 spiro atoms. The summed E-state index contributed by atoms with van der Waals surface area (Å²) in [5.74, 6) is 0. The Morgan fingerprint density at radius 1 is 1.05 bits per heavy atom. The van der Waals surface area contributed by atoms with Gasteiger partial charge in [0.25, 0.3) is 0 Å². The molecular weight excluding hydrogens is 327 g/mol. The monoisotopic (exact) mass is 342 g/mol. The zero-order valence-electron chi connectivity index (χ0n) is 11.7. The number of pyridine rings is 1. The van der Waals surface area contributed by atoms with Crippen molar-refractivity contribution < 1.29 is 0 Å². The number of nitrogens with zero attached hydrogens (tertiary/aromatic N) is 1. The molecule has 1 atom stereocenters. The number of benzene rings is 1. The lowest BCUT2D eigenvalue weighted by Gasteiger charge is -2.19. The van der Waals surface area contributed by atoms with Gasteiger partial charge in [0.05, 0.1) is 5.02 Å². The van der Waals surface area contributed by atoms with Gasteiger partial charge in [0.15, 0.2) is 0 Å². The van der Waals surface area contributed by atoms with E-state index in [0.717, 1.165) is 30.5 Å². The van der Waals surface area contributed by atoms with Gasteiger partial charge >= 0.3 is 0 Å². The first-order valence-electron chi connectivity index (χ1n) is 6.86. The zero-order chi connectivity index (χ0) is 15.2. The summed E-state index contributed by atoms with van der Waals surface area (Å²) in [4.78, 5) is 4.02. The first kappa shape index (κ1) is 16.6. The van der Waals surface area contributed by atoms with Gasteiger partial charge in [-0.3, -0.25) is 4.98 Å². The van der Waals surface area contributed by atoms with Crippen LogP contribution in [0.15, 0.2) is 36.7 Å². The van der Waals surface area contributed by atoms with Crippen molar-refractivity contribution in [3.63, 3.8) is 0 Å². The first-order chi connectivity index (χ1) is 10.1. The van der Waals surface area contributed by atoms with Crippen LogP contribution >= 0.6 is 34.8 Å². The predicted octanol–water partition coefficient (Wildman–Crippen LogP) is 4.81. The highest BCUT2D eigenvalue weighted by atomic mass is 35.5. The molecule has 21 heavy (non-hydrogen) atoms. The van der Waals surface area contributed by atoms with E-state index in [-0.39, 0.29) is 6.04 Å². The van der Waals surface area contributed by atoms with Gasteiger partial charge in [-0.25, -0.2) is 0 Å². The molecule has 0 aliphatic carbocycles. The number of hydrogen-bond donors (Lipinski definition) is 1. The minimum Gasteiger partial charge on any atom is -0.314 e. The molecule has 112 valence electrons. The molecule has 0 aliphatic rings. The largest absolute Gasteiger partial charge is 0.314 e. The number of aromatic nitrogens is 1.